The molecule has 6 heteroatoms. The van der Waals surface area contributed by atoms with Crippen molar-refractivity contribution in [3.63, 3.8) is 0 Å². The zero-order valence-corrected chi connectivity index (χ0v) is 12.0. The first kappa shape index (κ1) is 14.6. The molecule has 0 radical (unpaired) electrons. The summed E-state index contributed by atoms with van der Waals surface area (Å²) in [5, 5.41) is 3.46. The van der Waals surface area contributed by atoms with Gasteiger partial charge in [0.05, 0.1) is 6.54 Å². The molecular weight excluding hydrogens is 276 g/mol. The number of imidazole rings is 1. The summed E-state index contributed by atoms with van der Waals surface area (Å²) in [4.78, 5) is 16.0. The third-order valence-corrected chi connectivity index (χ3v) is 3.42. The third kappa shape index (κ3) is 3.37. The van der Waals surface area contributed by atoms with Crippen LogP contribution in [0.2, 0.25) is 5.02 Å². The molecule has 5 nitrogen and oxygen atoms in total. The van der Waals surface area contributed by atoms with Gasteiger partial charge in [0, 0.05) is 29.9 Å². The Bertz CT molecular complexity index is 596. The van der Waals surface area contributed by atoms with Crippen LogP contribution in [0.15, 0.2) is 36.7 Å². The minimum absolute atomic E-state index is 0.140. The zero-order chi connectivity index (χ0) is 14.5. The minimum Gasteiger partial charge on any atom is -0.330 e. The fourth-order valence-electron chi connectivity index (χ4n) is 1.71. The lowest BCUT2D eigenvalue weighted by Crippen LogP contribution is -2.28. The molecule has 1 aromatic heterocycles. The summed E-state index contributed by atoms with van der Waals surface area (Å²) in [6.07, 6.45) is 3.44. The van der Waals surface area contributed by atoms with Crippen molar-refractivity contribution in [2.24, 2.45) is 11.7 Å². The van der Waals surface area contributed by atoms with Crippen LogP contribution < -0.4 is 11.1 Å². The molecule has 0 aliphatic carbocycles. The van der Waals surface area contributed by atoms with Gasteiger partial charge in [0.15, 0.2) is 0 Å². The van der Waals surface area contributed by atoms with E-state index in [2.05, 4.69) is 10.3 Å². The Balaban J connectivity index is 2.13. The predicted octanol–water partition coefficient (Wildman–Crippen LogP) is 2.12. The third-order valence-electron chi connectivity index (χ3n) is 3.05. The van der Waals surface area contributed by atoms with E-state index in [1.54, 1.807) is 19.3 Å². The van der Waals surface area contributed by atoms with Crippen molar-refractivity contribution in [1.82, 2.24) is 9.55 Å². The molecule has 1 heterocycles. The molecule has 3 N–H and O–H groups in total. The number of rotatable bonds is 5. The lowest BCUT2D eigenvalue weighted by Gasteiger charge is -2.12. The van der Waals surface area contributed by atoms with Gasteiger partial charge in [-0.1, -0.05) is 36.7 Å². The molecular formula is C14H17ClN4O. The van der Waals surface area contributed by atoms with E-state index in [1.165, 1.54) is 0 Å². The summed E-state index contributed by atoms with van der Waals surface area (Å²) >= 11 is 6.13. The van der Waals surface area contributed by atoms with Gasteiger partial charge >= 0.3 is 0 Å². The lowest BCUT2D eigenvalue weighted by molar-refractivity contribution is -0.119. The van der Waals surface area contributed by atoms with Gasteiger partial charge in [-0.15, -0.1) is 0 Å². The maximum atomic E-state index is 11.8. The fraction of sp³-hybridized carbons (Fsp3) is 0.286. The summed E-state index contributed by atoms with van der Waals surface area (Å²) in [6, 6.07) is 7.58. The molecule has 2 rings (SSSR count). The minimum atomic E-state index is -0.250. The first-order valence-corrected chi connectivity index (χ1v) is 6.75. The van der Waals surface area contributed by atoms with Crippen LogP contribution >= 0.6 is 11.6 Å². The van der Waals surface area contributed by atoms with E-state index in [4.69, 9.17) is 17.3 Å². The van der Waals surface area contributed by atoms with E-state index in [0.717, 1.165) is 5.56 Å². The number of nitrogens with two attached hydrogens (primary N) is 1. The average molecular weight is 293 g/mol. The number of hydrogen-bond acceptors (Lipinski definition) is 3. The van der Waals surface area contributed by atoms with Crippen LogP contribution in [0.5, 0.6) is 0 Å². The van der Waals surface area contributed by atoms with E-state index >= 15 is 0 Å². The van der Waals surface area contributed by atoms with Gasteiger partial charge < -0.3 is 10.3 Å². The molecule has 0 fully saturated rings. The van der Waals surface area contributed by atoms with E-state index in [-0.39, 0.29) is 11.8 Å². The number of benzene rings is 1. The van der Waals surface area contributed by atoms with Gasteiger partial charge in [-0.25, -0.2) is 4.98 Å². The number of carbonyl (C=O) groups excluding carboxylic acids is 1. The number of nitrogens with one attached hydrogen (secondary N) is 1. The number of amides is 1. The van der Waals surface area contributed by atoms with Crippen LogP contribution in [0.25, 0.3) is 0 Å². The Labute approximate surface area is 122 Å². The smallest absolute Gasteiger partial charge is 0.230 e. The number of aromatic nitrogens is 2. The Morgan fingerprint density at radius 3 is 2.95 bits per heavy atom. The largest absolute Gasteiger partial charge is 0.330 e. The van der Waals surface area contributed by atoms with Crippen LogP contribution in [-0.4, -0.2) is 22.0 Å². The van der Waals surface area contributed by atoms with Gasteiger partial charge in [0.25, 0.3) is 0 Å². The van der Waals surface area contributed by atoms with Gasteiger partial charge in [-0.2, -0.15) is 0 Å². The predicted molar refractivity (Wildman–Crippen MR) is 79.6 cm³/mol. The summed E-state index contributed by atoms with van der Waals surface area (Å²) < 4.78 is 1.84. The fourth-order valence-corrected chi connectivity index (χ4v) is 1.91. The second-order valence-electron chi connectivity index (χ2n) is 4.60. The quantitative estimate of drug-likeness (QED) is 0.886. The zero-order valence-electron chi connectivity index (χ0n) is 11.2. The summed E-state index contributed by atoms with van der Waals surface area (Å²) in [5.74, 6) is 0.106. The van der Waals surface area contributed by atoms with Gasteiger partial charge in [0.2, 0.25) is 11.9 Å². The lowest BCUT2D eigenvalue weighted by atomic mass is 10.2. The summed E-state index contributed by atoms with van der Waals surface area (Å²) in [6.45, 7) is 2.63. The van der Waals surface area contributed by atoms with Crippen molar-refractivity contribution < 1.29 is 4.79 Å². The molecule has 1 aromatic carbocycles. The van der Waals surface area contributed by atoms with Crippen LogP contribution in [0, 0.1) is 5.92 Å². The number of nitrogens with zero attached hydrogens (tertiary/aromatic N) is 2. The highest BCUT2D eigenvalue weighted by Gasteiger charge is 2.14. The SMILES string of the molecule is CC(CN)C(=O)Nc1nccn1Cc1ccccc1Cl. The number of carbonyl (C=O) groups is 1. The molecule has 0 bridgehead atoms. The first-order valence-electron chi connectivity index (χ1n) is 6.37. The highest BCUT2D eigenvalue weighted by molar-refractivity contribution is 6.31. The van der Waals surface area contributed by atoms with Gasteiger partial charge in [0.1, 0.15) is 0 Å². The van der Waals surface area contributed by atoms with E-state index in [0.29, 0.717) is 24.1 Å². The molecule has 1 amide bonds. The first-order chi connectivity index (χ1) is 9.61. The molecule has 0 spiro atoms. The highest BCUT2D eigenvalue weighted by atomic mass is 35.5. The van der Waals surface area contributed by atoms with E-state index < -0.39 is 0 Å². The number of halogens is 1. The average Bonchev–Trinajstić information content (AvgIpc) is 2.87. The molecule has 0 saturated heterocycles. The van der Waals surface area contributed by atoms with Crippen molar-refractivity contribution in [3.8, 4) is 0 Å². The molecule has 1 atom stereocenters. The summed E-state index contributed by atoms with van der Waals surface area (Å²) in [7, 11) is 0. The van der Waals surface area contributed by atoms with Crippen LogP contribution in [0.3, 0.4) is 0 Å². The Kier molecular flexibility index (Phi) is 4.76. The molecule has 0 saturated carbocycles. The standard InChI is InChI=1S/C14H17ClN4O/c1-10(8-16)13(20)18-14-17-6-7-19(14)9-11-4-2-3-5-12(11)15/h2-7,10H,8-9,16H2,1H3,(H,17,18,20). The molecule has 2 aromatic rings. The van der Waals surface area contributed by atoms with Crippen molar-refractivity contribution >= 4 is 23.5 Å². The topological polar surface area (TPSA) is 72.9 Å². The van der Waals surface area contributed by atoms with Gasteiger partial charge in [-0.3, -0.25) is 10.1 Å². The van der Waals surface area contributed by atoms with E-state index in [1.807, 2.05) is 28.8 Å². The number of anilines is 1. The molecule has 106 valence electrons. The molecule has 0 aliphatic heterocycles. The summed E-state index contributed by atoms with van der Waals surface area (Å²) in [5.41, 5.74) is 6.45. The second-order valence-corrected chi connectivity index (χ2v) is 5.00. The van der Waals surface area contributed by atoms with Crippen molar-refractivity contribution in [2.75, 3.05) is 11.9 Å². The monoisotopic (exact) mass is 292 g/mol. The highest BCUT2D eigenvalue weighted by Crippen LogP contribution is 2.18. The number of hydrogen-bond donors (Lipinski definition) is 2. The van der Waals surface area contributed by atoms with Crippen LogP contribution in [0.1, 0.15) is 12.5 Å². The Hall–Kier alpha value is -1.85. The van der Waals surface area contributed by atoms with Crippen LogP contribution in [0.4, 0.5) is 5.95 Å². The Morgan fingerprint density at radius 1 is 1.50 bits per heavy atom. The molecule has 1 unspecified atom stereocenters. The maximum absolute atomic E-state index is 11.8. The Morgan fingerprint density at radius 2 is 2.25 bits per heavy atom. The molecule has 0 aliphatic rings. The second kappa shape index (κ2) is 6.54. The maximum Gasteiger partial charge on any atom is 0.230 e. The molecule has 20 heavy (non-hydrogen) atoms. The van der Waals surface area contributed by atoms with Crippen molar-refractivity contribution in [3.05, 3.63) is 47.2 Å². The van der Waals surface area contributed by atoms with Crippen molar-refractivity contribution in [2.45, 2.75) is 13.5 Å². The van der Waals surface area contributed by atoms with Crippen molar-refractivity contribution in [1.29, 1.82) is 0 Å². The van der Waals surface area contributed by atoms with E-state index in [9.17, 15) is 4.79 Å². The normalized spacial score (nSPS) is 12.2. The van der Waals surface area contributed by atoms with Gasteiger partial charge in [-0.05, 0) is 11.6 Å². The van der Waals surface area contributed by atoms with Crippen LogP contribution in [-0.2, 0) is 11.3 Å².